The lowest BCUT2D eigenvalue weighted by molar-refractivity contribution is -0.116. The first kappa shape index (κ1) is 12.8. The lowest BCUT2D eigenvalue weighted by Crippen LogP contribution is -1.96. The molecule has 0 bridgehead atoms. The highest BCUT2D eigenvalue weighted by Crippen LogP contribution is 2.25. The minimum atomic E-state index is -0.439. The number of hydrogen-bond donors (Lipinski definition) is 0. The molecule has 0 spiro atoms. The summed E-state index contributed by atoms with van der Waals surface area (Å²) in [6, 6.07) is 12.2. The van der Waals surface area contributed by atoms with Gasteiger partial charge in [-0.25, -0.2) is 4.39 Å². The minimum Gasteiger partial charge on any atom is -0.300 e. The van der Waals surface area contributed by atoms with Gasteiger partial charge in [-0.15, -0.1) is 0 Å². The van der Waals surface area contributed by atoms with Crippen molar-refractivity contribution in [2.24, 2.45) is 0 Å². The van der Waals surface area contributed by atoms with Crippen molar-refractivity contribution in [1.82, 2.24) is 0 Å². The van der Waals surface area contributed by atoms with Gasteiger partial charge in [-0.1, -0.05) is 41.9 Å². The van der Waals surface area contributed by atoms with Crippen LogP contribution in [-0.4, -0.2) is 5.78 Å². The van der Waals surface area contributed by atoms with E-state index in [1.165, 1.54) is 12.1 Å². The highest BCUT2D eigenvalue weighted by Gasteiger charge is 2.05. The van der Waals surface area contributed by atoms with Crippen LogP contribution < -0.4 is 0 Å². The van der Waals surface area contributed by atoms with E-state index in [0.29, 0.717) is 6.42 Å². The third-order valence-corrected chi connectivity index (χ3v) is 2.94. The summed E-state index contributed by atoms with van der Waals surface area (Å²) >= 11 is 5.65. The van der Waals surface area contributed by atoms with Crippen molar-refractivity contribution in [3.05, 3.63) is 58.9 Å². The summed E-state index contributed by atoms with van der Waals surface area (Å²) in [6.07, 6.45) is 0.393. The first-order valence-corrected chi connectivity index (χ1v) is 5.98. The summed E-state index contributed by atoms with van der Waals surface area (Å²) in [7, 11) is 0. The molecule has 0 aromatic heterocycles. The van der Waals surface area contributed by atoms with E-state index in [0.717, 1.165) is 16.7 Å². The Balaban J connectivity index is 2.38. The van der Waals surface area contributed by atoms with Crippen LogP contribution in [0.1, 0.15) is 12.5 Å². The topological polar surface area (TPSA) is 17.1 Å². The SMILES string of the molecule is CC(=O)Cc1cccc(-c2ccc(Cl)c(F)c2)c1. The monoisotopic (exact) mass is 262 g/mol. The molecule has 1 nitrogen and oxygen atoms in total. The van der Waals surface area contributed by atoms with Crippen molar-refractivity contribution < 1.29 is 9.18 Å². The van der Waals surface area contributed by atoms with Crippen molar-refractivity contribution in [3.63, 3.8) is 0 Å². The second kappa shape index (κ2) is 5.32. The number of carbonyl (C=O) groups is 1. The summed E-state index contributed by atoms with van der Waals surface area (Å²) in [6.45, 7) is 1.55. The Labute approximate surface area is 110 Å². The van der Waals surface area contributed by atoms with E-state index >= 15 is 0 Å². The van der Waals surface area contributed by atoms with Gasteiger partial charge < -0.3 is 0 Å². The van der Waals surface area contributed by atoms with Gasteiger partial charge in [0.15, 0.2) is 0 Å². The number of halogens is 2. The van der Waals surface area contributed by atoms with Crippen LogP contribution in [0.25, 0.3) is 11.1 Å². The van der Waals surface area contributed by atoms with Crippen LogP contribution in [0.4, 0.5) is 4.39 Å². The van der Waals surface area contributed by atoms with Crippen LogP contribution in [0.5, 0.6) is 0 Å². The van der Waals surface area contributed by atoms with Crippen LogP contribution in [0.2, 0.25) is 5.02 Å². The molecule has 0 aliphatic rings. The number of rotatable bonds is 3. The second-order valence-electron chi connectivity index (χ2n) is 4.21. The van der Waals surface area contributed by atoms with Crippen molar-refractivity contribution in [2.75, 3.05) is 0 Å². The lowest BCUT2D eigenvalue weighted by Gasteiger charge is -2.05. The smallest absolute Gasteiger partial charge is 0.142 e. The Morgan fingerprint density at radius 3 is 2.56 bits per heavy atom. The van der Waals surface area contributed by atoms with E-state index < -0.39 is 5.82 Å². The molecule has 0 amide bonds. The molecule has 0 saturated heterocycles. The molecular formula is C15H12ClFO. The number of hydrogen-bond acceptors (Lipinski definition) is 1. The number of ketones is 1. The van der Waals surface area contributed by atoms with E-state index in [2.05, 4.69) is 0 Å². The first-order chi connectivity index (χ1) is 8.56. The molecule has 2 aromatic rings. The molecule has 0 N–H and O–H groups in total. The predicted molar refractivity (Wildman–Crippen MR) is 71.2 cm³/mol. The van der Waals surface area contributed by atoms with E-state index in [-0.39, 0.29) is 10.8 Å². The van der Waals surface area contributed by atoms with Crippen molar-refractivity contribution in [2.45, 2.75) is 13.3 Å². The molecule has 0 aliphatic heterocycles. The molecule has 0 unspecified atom stereocenters. The van der Waals surface area contributed by atoms with Gasteiger partial charge >= 0.3 is 0 Å². The number of Topliss-reactive ketones (excluding diaryl/α,β-unsaturated/α-hetero) is 1. The quantitative estimate of drug-likeness (QED) is 0.807. The number of benzene rings is 2. The Morgan fingerprint density at radius 2 is 1.89 bits per heavy atom. The zero-order valence-corrected chi connectivity index (χ0v) is 10.7. The van der Waals surface area contributed by atoms with Crippen LogP contribution in [-0.2, 0) is 11.2 Å². The average Bonchev–Trinajstić information content (AvgIpc) is 2.32. The first-order valence-electron chi connectivity index (χ1n) is 5.60. The van der Waals surface area contributed by atoms with Crippen molar-refractivity contribution in [3.8, 4) is 11.1 Å². The summed E-state index contributed by atoms with van der Waals surface area (Å²) in [4.78, 5) is 11.1. The van der Waals surface area contributed by atoms with Gasteiger partial charge in [-0.3, -0.25) is 4.79 Å². The van der Waals surface area contributed by atoms with Crippen LogP contribution >= 0.6 is 11.6 Å². The third-order valence-electron chi connectivity index (χ3n) is 2.63. The molecule has 2 aromatic carbocycles. The molecule has 3 heteroatoms. The molecule has 0 fully saturated rings. The average molecular weight is 263 g/mol. The highest BCUT2D eigenvalue weighted by molar-refractivity contribution is 6.30. The highest BCUT2D eigenvalue weighted by atomic mass is 35.5. The lowest BCUT2D eigenvalue weighted by atomic mass is 10.0. The summed E-state index contributed by atoms with van der Waals surface area (Å²) in [5, 5.41) is 0.110. The van der Waals surface area contributed by atoms with E-state index in [4.69, 9.17) is 11.6 Å². The molecule has 0 radical (unpaired) electrons. The van der Waals surface area contributed by atoms with Crippen molar-refractivity contribution in [1.29, 1.82) is 0 Å². The van der Waals surface area contributed by atoms with Crippen LogP contribution in [0.3, 0.4) is 0 Å². The largest absolute Gasteiger partial charge is 0.300 e. The fourth-order valence-corrected chi connectivity index (χ4v) is 1.94. The molecule has 2 rings (SSSR count). The maximum absolute atomic E-state index is 13.4. The van der Waals surface area contributed by atoms with Gasteiger partial charge in [0, 0.05) is 6.42 Å². The Kier molecular flexibility index (Phi) is 3.78. The van der Waals surface area contributed by atoms with Gasteiger partial charge in [0.05, 0.1) is 5.02 Å². The summed E-state index contributed by atoms with van der Waals surface area (Å²) in [5.41, 5.74) is 2.56. The Bertz CT molecular complexity index is 593. The van der Waals surface area contributed by atoms with Crippen LogP contribution in [0, 0.1) is 5.82 Å². The molecule has 92 valence electrons. The van der Waals surface area contributed by atoms with E-state index in [9.17, 15) is 9.18 Å². The van der Waals surface area contributed by atoms with Gasteiger partial charge in [0.2, 0.25) is 0 Å². The molecular weight excluding hydrogens is 251 g/mol. The predicted octanol–water partition coefficient (Wildman–Crippen LogP) is 4.28. The third kappa shape index (κ3) is 2.96. The Hall–Kier alpha value is -1.67. The summed E-state index contributed by atoms with van der Waals surface area (Å²) in [5.74, 6) is -0.333. The molecule has 18 heavy (non-hydrogen) atoms. The fraction of sp³-hybridized carbons (Fsp3) is 0.133. The molecule has 0 aliphatic carbocycles. The zero-order valence-electron chi connectivity index (χ0n) is 9.91. The Morgan fingerprint density at radius 1 is 1.17 bits per heavy atom. The molecule has 0 heterocycles. The second-order valence-corrected chi connectivity index (χ2v) is 4.62. The van der Waals surface area contributed by atoms with Gasteiger partial charge in [0.1, 0.15) is 11.6 Å². The van der Waals surface area contributed by atoms with E-state index in [1.54, 1.807) is 13.0 Å². The van der Waals surface area contributed by atoms with Gasteiger partial charge in [-0.05, 0) is 35.7 Å². The van der Waals surface area contributed by atoms with Crippen LogP contribution in [0.15, 0.2) is 42.5 Å². The van der Waals surface area contributed by atoms with Crippen molar-refractivity contribution >= 4 is 17.4 Å². The molecule has 0 atom stereocenters. The summed E-state index contributed by atoms with van der Waals surface area (Å²) < 4.78 is 13.4. The number of carbonyl (C=O) groups excluding carboxylic acids is 1. The van der Waals surface area contributed by atoms with Gasteiger partial charge in [-0.2, -0.15) is 0 Å². The maximum atomic E-state index is 13.4. The maximum Gasteiger partial charge on any atom is 0.142 e. The fourth-order valence-electron chi connectivity index (χ4n) is 1.82. The van der Waals surface area contributed by atoms with E-state index in [1.807, 2.05) is 24.3 Å². The molecule has 0 saturated carbocycles. The normalized spacial score (nSPS) is 10.4. The van der Waals surface area contributed by atoms with Gasteiger partial charge in [0.25, 0.3) is 0 Å². The zero-order chi connectivity index (χ0) is 13.1. The standard InChI is InChI=1S/C15H12ClFO/c1-10(18)7-11-3-2-4-12(8-11)13-5-6-14(16)15(17)9-13/h2-6,8-9H,7H2,1H3. The minimum absolute atomic E-state index is 0.106.